The average molecular weight is 485 g/mol. The molecule has 1 saturated heterocycles. The molecule has 1 aliphatic heterocycles. The molecule has 1 fully saturated rings. The number of carbonyl (C=O) groups excluding carboxylic acids is 2. The number of hydrogen-bond acceptors (Lipinski definition) is 4. The number of benzene rings is 2. The van der Waals surface area contributed by atoms with Gasteiger partial charge in [0, 0.05) is 37.6 Å². The largest absolute Gasteiger partial charge is 0.352 e. The Morgan fingerprint density at radius 1 is 1.03 bits per heavy atom. The first-order valence-electron chi connectivity index (χ1n) is 9.52. The zero-order valence-corrected chi connectivity index (χ0v) is 18.8. The Morgan fingerprint density at radius 3 is 2.29 bits per heavy atom. The molecule has 3 N–H and O–H groups in total. The van der Waals surface area contributed by atoms with Gasteiger partial charge in [0.2, 0.25) is 15.9 Å². The lowest BCUT2D eigenvalue weighted by molar-refractivity contribution is -0.134. The lowest BCUT2D eigenvalue weighted by atomic mass is 10.0. The van der Waals surface area contributed by atoms with E-state index >= 15 is 0 Å². The maximum atomic E-state index is 13.0. The van der Waals surface area contributed by atoms with Gasteiger partial charge in [-0.3, -0.25) is 4.79 Å². The summed E-state index contributed by atoms with van der Waals surface area (Å²) >= 11 is 12.0. The number of urea groups is 1. The molecular formula is C20H22Cl2N4O4S. The summed E-state index contributed by atoms with van der Waals surface area (Å²) in [5.41, 5.74) is 6.12. The third-order valence-corrected chi connectivity index (χ3v) is 7.57. The van der Waals surface area contributed by atoms with Crippen LogP contribution in [0.25, 0.3) is 0 Å². The molecule has 1 aliphatic rings. The highest BCUT2D eigenvalue weighted by atomic mass is 35.5. The topological polar surface area (TPSA) is 113 Å². The van der Waals surface area contributed by atoms with Crippen LogP contribution >= 0.6 is 23.2 Å². The van der Waals surface area contributed by atoms with Gasteiger partial charge in [0.05, 0.1) is 5.02 Å². The van der Waals surface area contributed by atoms with Crippen molar-refractivity contribution in [2.75, 3.05) is 26.2 Å². The predicted molar refractivity (Wildman–Crippen MR) is 118 cm³/mol. The Balaban J connectivity index is 1.70. The smallest absolute Gasteiger partial charge is 0.312 e. The first-order valence-corrected chi connectivity index (χ1v) is 11.7. The summed E-state index contributed by atoms with van der Waals surface area (Å²) in [6.07, 6.45) is 0.277. The van der Waals surface area contributed by atoms with Crippen molar-refractivity contribution >= 4 is 45.2 Å². The van der Waals surface area contributed by atoms with Crippen LogP contribution in [-0.4, -0.2) is 61.8 Å². The highest BCUT2D eigenvalue weighted by Gasteiger charge is 2.34. The van der Waals surface area contributed by atoms with Crippen molar-refractivity contribution in [3.05, 3.63) is 64.1 Å². The van der Waals surface area contributed by atoms with Crippen LogP contribution < -0.4 is 11.1 Å². The number of halogens is 2. The summed E-state index contributed by atoms with van der Waals surface area (Å²) in [6.45, 7) is 0.515. The second kappa shape index (κ2) is 9.86. The summed E-state index contributed by atoms with van der Waals surface area (Å²) in [5, 5.41) is 2.83. The van der Waals surface area contributed by atoms with Crippen molar-refractivity contribution in [3.63, 3.8) is 0 Å². The first-order chi connectivity index (χ1) is 14.7. The summed E-state index contributed by atoms with van der Waals surface area (Å²) in [4.78, 5) is 25.9. The number of hydrogen-bond donors (Lipinski definition) is 2. The minimum Gasteiger partial charge on any atom is -0.352 e. The molecule has 0 bridgehead atoms. The van der Waals surface area contributed by atoms with E-state index in [4.69, 9.17) is 28.9 Å². The van der Waals surface area contributed by atoms with Gasteiger partial charge in [-0.1, -0.05) is 53.5 Å². The fourth-order valence-electron chi connectivity index (χ4n) is 3.40. The van der Waals surface area contributed by atoms with Crippen LogP contribution in [-0.2, 0) is 21.2 Å². The van der Waals surface area contributed by atoms with E-state index in [0.717, 1.165) is 5.56 Å². The first kappa shape index (κ1) is 23.3. The van der Waals surface area contributed by atoms with Crippen LogP contribution in [0.5, 0.6) is 0 Å². The summed E-state index contributed by atoms with van der Waals surface area (Å²) < 4.78 is 27.2. The molecule has 0 radical (unpaired) electrons. The average Bonchev–Trinajstić information content (AvgIpc) is 2.75. The van der Waals surface area contributed by atoms with Gasteiger partial charge >= 0.3 is 6.03 Å². The normalized spacial score (nSPS) is 16.0. The molecule has 1 heterocycles. The second-order valence-electron chi connectivity index (χ2n) is 7.06. The predicted octanol–water partition coefficient (Wildman–Crippen LogP) is 2.11. The number of piperazine rings is 1. The lowest BCUT2D eigenvalue weighted by Gasteiger charge is -2.36. The van der Waals surface area contributed by atoms with Crippen molar-refractivity contribution < 1.29 is 18.0 Å². The molecule has 31 heavy (non-hydrogen) atoms. The summed E-state index contributed by atoms with van der Waals surface area (Å²) in [6, 6.07) is 11.8. The van der Waals surface area contributed by atoms with Gasteiger partial charge in [0.1, 0.15) is 10.9 Å². The Kier molecular flexibility index (Phi) is 7.42. The monoisotopic (exact) mass is 484 g/mol. The summed E-state index contributed by atoms with van der Waals surface area (Å²) in [7, 11) is -3.86. The van der Waals surface area contributed by atoms with Crippen molar-refractivity contribution in [1.29, 1.82) is 0 Å². The van der Waals surface area contributed by atoms with Crippen LogP contribution in [0.15, 0.2) is 53.4 Å². The van der Waals surface area contributed by atoms with Crippen LogP contribution in [0.1, 0.15) is 5.56 Å². The molecule has 0 unspecified atom stereocenters. The molecule has 1 atom stereocenters. The minimum atomic E-state index is -3.86. The Morgan fingerprint density at radius 2 is 1.68 bits per heavy atom. The maximum Gasteiger partial charge on any atom is 0.312 e. The quantitative estimate of drug-likeness (QED) is 0.653. The van der Waals surface area contributed by atoms with E-state index in [2.05, 4.69) is 5.32 Å². The van der Waals surface area contributed by atoms with Crippen LogP contribution in [0.4, 0.5) is 4.79 Å². The van der Waals surface area contributed by atoms with Gasteiger partial charge in [-0.25, -0.2) is 13.2 Å². The highest BCUT2D eigenvalue weighted by Crippen LogP contribution is 2.28. The number of nitrogens with two attached hydrogens (primary N) is 1. The van der Waals surface area contributed by atoms with Gasteiger partial charge in [0.25, 0.3) is 0 Å². The van der Waals surface area contributed by atoms with Gasteiger partial charge in [0.15, 0.2) is 0 Å². The third kappa shape index (κ3) is 5.68. The Hall–Kier alpha value is -2.33. The molecule has 11 heteroatoms. The molecule has 8 nitrogen and oxygen atoms in total. The molecule has 0 aromatic heterocycles. The van der Waals surface area contributed by atoms with Gasteiger partial charge < -0.3 is 16.0 Å². The van der Waals surface area contributed by atoms with Gasteiger partial charge in [-0.2, -0.15) is 4.31 Å². The van der Waals surface area contributed by atoms with E-state index in [9.17, 15) is 18.0 Å². The van der Waals surface area contributed by atoms with E-state index in [-0.39, 0.29) is 53.4 Å². The molecule has 2 aromatic rings. The van der Waals surface area contributed by atoms with Crippen molar-refractivity contribution in [2.24, 2.45) is 5.73 Å². The molecule has 3 rings (SSSR count). The number of primary amides is 1. The maximum absolute atomic E-state index is 13.0. The number of nitrogens with one attached hydrogen (secondary N) is 1. The fourth-order valence-corrected chi connectivity index (χ4v) is 5.56. The second-order valence-corrected chi connectivity index (χ2v) is 9.81. The van der Waals surface area contributed by atoms with E-state index < -0.39 is 22.1 Å². The van der Waals surface area contributed by atoms with Gasteiger partial charge in [-0.15, -0.1) is 0 Å². The standard InChI is InChI=1S/C20H22Cl2N4O4S/c21-15-6-7-16(22)18(13-15)31(29,30)26-10-8-25(9-11-26)19(27)17(24-20(23)28)12-14-4-2-1-3-5-14/h1-7,13,17H,8-12H2,(H3,23,24,28)/t17-/m0/s1. The number of amides is 3. The van der Waals surface area contributed by atoms with Crippen LogP contribution in [0.2, 0.25) is 10.0 Å². The number of carbonyl (C=O) groups is 2. The van der Waals surface area contributed by atoms with Crippen molar-refractivity contribution in [3.8, 4) is 0 Å². The van der Waals surface area contributed by atoms with Crippen LogP contribution in [0, 0.1) is 0 Å². The SMILES string of the molecule is NC(=O)N[C@@H](Cc1ccccc1)C(=O)N1CCN(S(=O)(=O)c2cc(Cl)ccc2Cl)CC1. The lowest BCUT2D eigenvalue weighted by Crippen LogP contribution is -2.56. The number of sulfonamides is 1. The molecule has 166 valence electrons. The molecule has 0 aliphatic carbocycles. The molecule has 2 aromatic carbocycles. The van der Waals surface area contributed by atoms with E-state index in [1.54, 1.807) is 0 Å². The van der Waals surface area contributed by atoms with E-state index in [1.807, 2.05) is 30.3 Å². The zero-order chi connectivity index (χ0) is 22.6. The minimum absolute atomic E-state index is 0.0706. The molecule has 0 spiro atoms. The Labute approximate surface area is 191 Å². The van der Waals surface area contributed by atoms with Crippen molar-refractivity contribution in [2.45, 2.75) is 17.4 Å². The van der Waals surface area contributed by atoms with E-state index in [0.29, 0.717) is 0 Å². The van der Waals surface area contributed by atoms with Crippen molar-refractivity contribution in [1.82, 2.24) is 14.5 Å². The third-order valence-electron chi connectivity index (χ3n) is 4.96. The zero-order valence-electron chi connectivity index (χ0n) is 16.5. The number of rotatable bonds is 6. The Bertz CT molecular complexity index is 1060. The van der Waals surface area contributed by atoms with Crippen LogP contribution in [0.3, 0.4) is 0 Å². The fraction of sp³-hybridized carbons (Fsp3) is 0.300. The molecular weight excluding hydrogens is 463 g/mol. The van der Waals surface area contributed by atoms with Gasteiger partial charge in [-0.05, 0) is 23.8 Å². The molecule has 3 amide bonds. The number of nitrogens with zero attached hydrogens (tertiary/aromatic N) is 2. The molecule has 0 saturated carbocycles. The highest BCUT2D eigenvalue weighted by molar-refractivity contribution is 7.89. The van der Waals surface area contributed by atoms with E-state index in [1.165, 1.54) is 27.4 Å². The summed E-state index contributed by atoms with van der Waals surface area (Å²) in [5.74, 6) is -0.319.